The van der Waals surface area contributed by atoms with Crippen molar-refractivity contribution < 1.29 is 19.4 Å². The fourth-order valence-electron chi connectivity index (χ4n) is 2.62. The van der Waals surface area contributed by atoms with Crippen LogP contribution in [-0.2, 0) is 6.61 Å². The molecule has 0 fully saturated rings. The molecule has 0 aliphatic heterocycles. The molecule has 0 aliphatic carbocycles. The Kier molecular flexibility index (Phi) is 4.90. The summed E-state index contributed by atoms with van der Waals surface area (Å²) >= 11 is 0. The van der Waals surface area contributed by atoms with Crippen molar-refractivity contribution in [2.45, 2.75) is 6.61 Å². The SMILES string of the molecule is O=Cc1ccc(OCc2ccccc2-c2ccccc2C(=O)O)cc1. The average Bonchev–Trinajstić information content (AvgIpc) is 2.67. The average molecular weight is 332 g/mol. The number of aldehydes is 1. The Morgan fingerprint density at radius 2 is 1.52 bits per heavy atom. The Morgan fingerprint density at radius 3 is 2.20 bits per heavy atom. The van der Waals surface area contributed by atoms with Crippen molar-refractivity contribution >= 4 is 12.3 Å². The van der Waals surface area contributed by atoms with Crippen molar-refractivity contribution in [1.82, 2.24) is 0 Å². The molecule has 0 saturated carbocycles. The topological polar surface area (TPSA) is 63.6 Å². The Morgan fingerprint density at radius 1 is 0.880 bits per heavy atom. The van der Waals surface area contributed by atoms with Gasteiger partial charge in [0.1, 0.15) is 18.6 Å². The van der Waals surface area contributed by atoms with E-state index in [-0.39, 0.29) is 5.56 Å². The van der Waals surface area contributed by atoms with E-state index in [1.165, 1.54) is 0 Å². The molecular formula is C21H16O4. The van der Waals surface area contributed by atoms with Crippen LogP contribution in [0.2, 0.25) is 0 Å². The number of benzene rings is 3. The first-order valence-corrected chi connectivity index (χ1v) is 7.77. The molecule has 3 rings (SSSR count). The highest BCUT2D eigenvalue weighted by molar-refractivity contribution is 5.96. The van der Waals surface area contributed by atoms with Gasteiger partial charge in [-0.1, -0.05) is 42.5 Å². The van der Waals surface area contributed by atoms with Crippen LogP contribution in [0.1, 0.15) is 26.3 Å². The molecule has 0 aliphatic rings. The predicted molar refractivity (Wildman–Crippen MR) is 95.0 cm³/mol. The first kappa shape index (κ1) is 16.5. The van der Waals surface area contributed by atoms with Gasteiger partial charge in [-0.3, -0.25) is 4.79 Å². The molecule has 0 atom stereocenters. The second-order valence-electron chi connectivity index (χ2n) is 5.48. The normalized spacial score (nSPS) is 10.2. The zero-order chi connectivity index (χ0) is 17.6. The summed E-state index contributed by atoms with van der Waals surface area (Å²) in [7, 11) is 0. The molecule has 3 aromatic rings. The summed E-state index contributed by atoms with van der Waals surface area (Å²) in [6.07, 6.45) is 0.780. The maximum atomic E-state index is 11.5. The van der Waals surface area contributed by atoms with E-state index in [4.69, 9.17) is 4.74 Å². The first-order chi connectivity index (χ1) is 12.2. The monoisotopic (exact) mass is 332 g/mol. The summed E-state index contributed by atoms with van der Waals surface area (Å²) in [6, 6.07) is 21.3. The summed E-state index contributed by atoms with van der Waals surface area (Å²) in [5.74, 6) is -0.317. The van der Waals surface area contributed by atoms with Gasteiger partial charge < -0.3 is 9.84 Å². The number of carboxylic acids is 1. The minimum absolute atomic E-state index is 0.255. The van der Waals surface area contributed by atoms with Gasteiger partial charge in [0.05, 0.1) is 5.56 Å². The number of carboxylic acid groups (broad SMARTS) is 1. The zero-order valence-corrected chi connectivity index (χ0v) is 13.4. The van der Waals surface area contributed by atoms with Crippen LogP contribution in [0.15, 0.2) is 72.8 Å². The number of hydrogen-bond acceptors (Lipinski definition) is 3. The highest BCUT2D eigenvalue weighted by Gasteiger charge is 2.13. The number of aromatic carboxylic acids is 1. The molecule has 3 aromatic carbocycles. The lowest BCUT2D eigenvalue weighted by Gasteiger charge is -2.13. The summed E-state index contributed by atoms with van der Waals surface area (Å²) in [6.45, 7) is 0.296. The zero-order valence-electron chi connectivity index (χ0n) is 13.4. The van der Waals surface area contributed by atoms with Gasteiger partial charge in [-0.25, -0.2) is 4.79 Å². The quantitative estimate of drug-likeness (QED) is 0.678. The van der Waals surface area contributed by atoms with Crippen LogP contribution >= 0.6 is 0 Å². The van der Waals surface area contributed by atoms with Crippen LogP contribution in [0, 0.1) is 0 Å². The van der Waals surface area contributed by atoms with E-state index >= 15 is 0 Å². The van der Waals surface area contributed by atoms with Gasteiger partial charge in [0.15, 0.2) is 0 Å². The van der Waals surface area contributed by atoms with Crippen molar-refractivity contribution in [3.8, 4) is 16.9 Å². The Bertz CT molecular complexity index is 898. The summed E-state index contributed by atoms with van der Waals surface area (Å²) in [5, 5.41) is 9.42. The number of rotatable bonds is 6. The predicted octanol–water partition coefficient (Wildman–Crippen LogP) is 4.44. The van der Waals surface area contributed by atoms with Crippen molar-refractivity contribution in [1.29, 1.82) is 0 Å². The molecule has 0 heterocycles. The molecule has 0 unspecified atom stereocenters. The molecule has 0 aromatic heterocycles. The molecule has 4 heteroatoms. The molecule has 0 saturated heterocycles. The molecule has 1 N–H and O–H groups in total. The minimum Gasteiger partial charge on any atom is -0.489 e. The third kappa shape index (κ3) is 3.75. The van der Waals surface area contributed by atoms with E-state index in [2.05, 4.69) is 0 Å². The fourth-order valence-corrected chi connectivity index (χ4v) is 2.62. The maximum absolute atomic E-state index is 11.5. The van der Waals surface area contributed by atoms with Gasteiger partial charge in [-0.2, -0.15) is 0 Å². The molecule has 0 bridgehead atoms. The van der Waals surface area contributed by atoms with Gasteiger partial charge in [0.2, 0.25) is 0 Å². The third-order valence-corrected chi connectivity index (χ3v) is 3.88. The van der Waals surface area contributed by atoms with Crippen molar-refractivity contribution in [2.24, 2.45) is 0 Å². The van der Waals surface area contributed by atoms with Crippen molar-refractivity contribution in [3.63, 3.8) is 0 Å². The molecule has 0 radical (unpaired) electrons. The second-order valence-corrected chi connectivity index (χ2v) is 5.48. The van der Waals surface area contributed by atoms with E-state index in [0.29, 0.717) is 23.5 Å². The molecule has 0 amide bonds. The van der Waals surface area contributed by atoms with Crippen LogP contribution in [0.4, 0.5) is 0 Å². The van der Waals surface area contributed by atoms with Crippen molar-refractivity contribution in [2.75, 3.05) is 0 Å². The lowest BCUT2D eigenvalue weighted by molar-refractivity contribution is 0.0697. The fraction of sp³-hybridized carbons (Fsp3) is 0.0476. The Hall–Kier alpha value is -3.40. The van der Waals surface area contributed by atoms with Gasteiger partial charge in [0.25, 0.3) is 0 Å². The van der Waals surface area contributed by atoms with E-state index < -0.39 is 5.97 Å². The lowest BCUT2D eigenvalue weighted by Crippen LogP contribution is -2.02. The highest BCUT2D eigenvalue weighted by atomic mass is 16.5. The second kappa shape index (κ2) is 7.45. The van der Waals surface area contributed by atoms with Gasteiger partial charge in [-0.15, -0.1) is 0 Å². The van der Waals surface area contributed by atoms with Crippen LogP contribution in [0.25, 0.3) is 11.1 Å². The Balaban J connectivity index is 1.89. The summed E-state index contributed by atoms with van der Waals surface area (Å²) in [5.41, 5.74) is 3.21. The van der Waals surface area contributed by atoms with Crippen molar-refractivity contribution in [3.05, 3.63) is 89.5 Å². The van der Waals surface area contributed by atoms with Gasteiger partial charge in [0, 0.05) is 5.56 Å². The number of carbonyl (C=O) groups excluding carboxylic acids is 1. The summed E-state index contributed by atoms with van der Waals surface area (Å²) in [4.78, 5) is 22.2. The minimum atomic E-state index is -0.962. The van der Waals surface area contributed by atoms with E-state index in [0.717, 1.165) is 17.4 Å². The van der Waals surface area contributed by atoms with Crippen LogP contribution < -0.4 is 4.74 Å². The van der Waals surface area contributed by atoms with Crippen LogP contribution in [0.5, 0.6) is 5.75 Å². The molecule has 25 heavy (non-hydrogen) atoms. The maximum Gasteiger partial charge on any atom is 0.336 e. The molecule has 0 spiro atoms. The Labute approximate surface area is 145 Å². The van der Waals surface area contributed by atoms with Gasteiger partial charge in [-0.05, 0) is 47.0 Å². The van der Waals surface area contributed by atoms with E-state index in [1.54, 1.807) is 42.5 Å². The highest BCUT2D eigenvalue weighted by Crippen LogP contribution is 2.28. The van der Waals surface area contributed by atoms with Gasteiger partial charge >= 0.3 is 5.97 Å². The largest absolute Gasteiger partial charge is 0.489 e. The van der Waals surface area contributed by atoms with Crippen LogP contribution in [-0.4, -0.2) is 17.4 Å². The number of carbonyl (C=O) groups is 2. The van der Waals surface area contributed by atoms with Crippen LogP contribution in [0.3, 0.4) is 0 Å². The molecular weight excluding hydrogens is 316 g/mol. The molecule has 4 nitrogen and oxygen atoms in total. The van der Waals surface area contributed by atoms with E-state index in [1.807, 2.05) is 30.3 Å². The number of hydrogen-bond donors (Lipinski definition) is 1. The number of ether oxygens (including phenoxy) is 1. The smallest absolute Gasteiger partial charge is 0.336 e. The molecule has 124 valence electrons. The standard InChI is InChI=1S/C21H16O4/c22-13-15-9-11-17(12-10-15)25-14-16-5-1-2-6-18(16)19-7-3-4-8-20(19)21(23)24/h1-13H,14H2,(H,23,24). The summed E-state index contributed by atoms with van der Waals surface area (Å²) < 4.78 is 5.79. The first-order valence-electron chi connectivity index (χ1n) is 7.77. The third-order valence-electron chi connectivity index (χ3n) is 3.88. The lowest BCUT2D eigenvalue weighted by atomic mass is 9.96. The van der Waals surface area contributed by atoms with E-state index in [9.17, 15) is 14.7 Å².